The Bertz CT molecular complexity index is 1230. The molecule has 0 unspecified atom stereocenters. The van der Waals surface area contributed by atoms with Crippen LogP contribution >= 0.6 is 0 Å². The Balaban J connectivity index is 2.18. The number of rotatable bonds is 8. The normalized spacial score (nSPS) is 11.7. The van der Waals surface area contributed by atoms with E-state index in [4.69, 9.17) is 18.9 Å². The molecular formula is C31H36O4. The van der Waals surface area contributed by atoms with Crippen molar-refractivity contribution in [3.8, 4) is 34.1 Å². The Labute approximate surface area is 209 Å². The molecule has 3 aromatic rings. The monoisotopic (exact) mass is 472 g/mol. The van der Waals surface area contributed by atoms with Crippen molar-refractivity contribution in [1.29, 1.82) is 0 Å². The highest BCUT2D eigenvalue weighted by Crippen LogP contribution is 2.42. The Hall–Kier alpha value is -3.66. The second-order valence-corrected chi connectivity index (χ2v) is 9.41. The van der Waals surface area contributed by atoms with Crippen LogP contribution in [0.3, 0.4) is 0 Å². The Morgan fingerprint density at radius 2 is 1.40 bits per heavy atom. The van der Waals surface area contributed by atoms with E-state index in [1.165, 1.54) is 5.56 Å². The van der Waals surface area contributed by atoms with E-state index in [-0.39, 0.29) is 5.41 Å². The highest BCUT2D eigenvalue weighted by atomic mass is 16.5. The predicted molar refractivity (Wildman–Crippen MR) is 146 cm³/mol. The standard InChI is InChI=1S/C31H36O4/c1-10-21(17-23-13-16-27(32-6)29(34-8)20(23)2)24-18-26(30(35-9)28(19-24)33-7)22-11-14-25(15-12-22)31(3,4)5/h10-19H,1H2,2-9H3/b21-17+. The number of methoxy groups -OCH3 is 4. The Kier molecular flexibility index (Phi) is 7.96. The van der Waals surface area contributed by atoms with Gasteiger partial charge in [0, 0.05) is 11.1 Å². The van der Waals surface area contributed by atoms with Crippen LogP contribution in [0.4, 0.5) is 0 Å². The zero-order valence-electron chi connectivity index (χ0n) is 22.1. The second kappa shape index (κ2) is 10.7. The first-order valence-electron chi connectivity index (χ1n) is 11.6. The molecule has 0 N–H and O–H groups in total. The fourth-order valence-electron chi connectivity index (χ4n) is 4.18. The minimum atomic E-state index is 0.0815. The van der Waals surface area contributed by atoms with Gasteiger partial charge in [0.1, 0.15) is 0 Å². The fraction of sp³-hybridized carbons (Fsp3) is 0.290. The zero-order valence-corrected chi connectivity index (χ0v) is 22.1. The first-order valence-corrected chi connectivity index (χ1v) is 11.6. The third kappa shape index (κ3) is 5.37. The third-order valence-electron chi connectivity index (χ3n) is 6.24. The van der Waals surface area contributed by atoms with Crippen molar-refractivity contribution in [3.05, 3.63) is 83.4 Å². The molecule has 0 aliphatic heterocycles. The van der Waals surface area contributed by atoms with Crippen molar-refractivity contribution in [2.45, 2.75) is 33.1 Å². The van der Waals surface area contributed by atoms with Crippen LogP contribution in [-0.4, -0.2) is 28.4 Å². The molecule has 3 aromatic carbocycles. The van der Waals surface area contributed by atoms with Gasteiger partial charge in [-0.05, 0) is 64.4 Å². The van der Waals surface area contributed by atoms with Gasteiger partial charge in [-0.3, -0.25) is 0 Å². The molecule has 3 rings (SSSR count). The average molecular weight is 473 g/mol. The smallest absolute Gasteiger partial charge is 0.168 e. The van der Waals surface area contributed by atoms with E-state index in [9.17, 15) is 0 Å². The van der Waals surface area contributed by atoms with Gasteiger partial charge in [0.25, 0.3) is 0 Å². The molecule has 0 amide bonds. The molecule has 0 radical (unpaired) electrons. The first-order chi connectivity index (χ1) is 16.7. The van der Waals surface area contributed by atoms with Crippen LogP contribution in [0.15, 0.2) is 61.2 Å². The summed E-state index contributed by atoms with van der Waals surface area (Å²) in [6, 6.07) is 16.7. The molecule has 0 bridgehead atoms. The van der Waals surface area contributed by atoms with Gasteiger partial charge in [-0.25, -0.2) is 0 Å². The van der Waals surface area contributed by atoms with Gasteiger partial charge in [0.15, 0.2) is 23.0 Å². The van der Waals surface area contributed by atoms with Gasteiger partial charge < -0.3 is 18.9 Å². The first kappa shape index (κ1) is 26.0. The third-order valence-corrected chi connectivity index (χ3v) is 6.24. The van der Waals surface area contributed by atoms with Crippen LogP contribution in [0.2, 0.25) is 0 Å². The molecule has 0 aliphatic rings. The lowest BCUT2D eigenvalue weighted by Crippen LogP contribution is -2.10. The van der Waals surface area contributed by atoms with E-state index in [0.29, 0.717) is 17.2 Å². The highest BCUT2D eigenvalue weighted by Gasteiger charge is 2.18. The number of ether oxygens (including phenoxy) is 4. The molecule has 0 aromatic heterocycles. The van der Waals surface area contributed by atoms with Crippen LogP contribution < -0.4 is 18.9 Å². The summed E-state index contributed by atoms with van der Waals surface area (Å²) >= 11 is 0. The predicted octanol–water partition coefficient (Wildman–Crippen LogP) is 7.72. The number of benzene rings is 3. The fourth-order valence-corrected chi connectivity index (χ4v) is 4.18. The quantitative estimate of drug-likeness (QED) is 0.248. The topological polar surface area (TPSA) is 36.9 Å². The molecule has 0 aliphatic carbocycles. The lowest BCUT2D eigenvalue weighted by Gasteiger charge is -2.20. The largest absolute Gasteiger partial charge is 0.493 e. The SMILES string of the molecule is C=C/C(=C\c1ccc(OC)c(OC)c1C)c1cc(OC)c(OC)c(-c2ccc(C(C)(C)C)cc2)c1. The van der Waals surface area contributed by atoms with Gasteiger partial charge in [-0.15, -0.1) is 0 Å². The lowest BCUT2D eigenvalue weighted by atomic mass is 9.86. The molecule has 0 saturated heterocycles. The summed E-state index contributed by atoms with van der Waals surface area (Å²) in [6.45, 7) is 12.7. The Morgan fingerprint density at radius 3 is 1.91 bits per heavy atom. The van der Waals surface area contributed by atoms with Gasteiger partial charge in [0.2, 0.25) is 0 Å². The average Bonchev–Trinajstić information content (AvgIpc) is 2.86. The van der Waals surface area contributed by atoms with Crippen molar-refractivity contribution in [3.63, 3.8) is 0 Å². The zero-order chi connectivity index (χ0) is 25.8. The number of allylic oxidation sites excluding steroid dienone is 2. The van der Waals surface area contributed by atoms with Gasteiger partial charge >= 0.3 is 0 Å². The van der Waals surface area contributed by atoms with Crippen LogP contribution in [-0.2, 0) is 5.41 Å². The minimum Gasteiger partial charge on any atom is -0.493 e. The molecule has 0 atom stereocenters. The van der Waals surface area contributed by atoms with E-state index in [0.717, 1.165) is 39.1 Å². The second-order valence-electron chi connectivity index (χ2n) is 9.41. The van der Waals surface area contributed by atoms with Crippen molar-refractivity contribution in [2.24, 2.45) is 0 Å². The number of hydrogen-bond donors (Lipinski definition) is 0. The van der Waals surface area contributed by atoms with Crippen molar-refractivity contribution < 1.29 is 18.9 Å². The summed E-state index contributed by atoms with van der Waals surface area (Å²) in [5, 5.41) is 0. The molecule has 4 heteroatoms. The summed E-state index contributed by atoms with van der Waals surface area (Å²) in [4.78, 5) is 0. The molecular weight excluding hydrogens is 436 g/mol. The summed E-state index contributed by atoms with van der Waals surface area (Å²) in [6.07, 6.45) is 3.95. The Morgan fingerprint density at radius 1 is 0.771 bits per heavy atom. The van der Waals surface area contributed by atoms with E-state index in [2.05, 4.69) is 63.8 Å². The van der Waals surface area contributed by atoms with Crippen molar-refractivity contribution >= 4 is 11.6 Å². The summed E-state index contributed by atoms with van der Waals surface area (Å²) < 4.78 is 22.5. The molecule has 0 spiro atoms. The molecule has 0 saturated carbocycles. The number of hydrogen-bond acceptors (Lipinski definition) is 4. The maximum atomic E-state index is 5.78. The maximum absolute atomic E-state index is 5.78. The van der Waals surface area contributed by atoms with Gasteiger partial charge in [-0.2, -0.15) is 0 Å². The highest BCUT2D eigenvalue weighted by molar-refractivity contribution is 5.91. The van der Waals surface area contributed by atoms with E-state index in [1.54, 1.807) is 28.4 Å². The minimum absolute atomic E-state index is 0.0815. The molecule has 0 fully saturated rings. The lowest BCUT2D eigenvalue weighted by molar-refractivity contribution is 0.353. The maximum Gasteiger partial charge on any atom is 0.168 e. The van der Waals surface area contributed by atoms with Gasteiger partial charge in [-0.1, -0.05) is 63.8 Å². The summed E-state index contributed by atoms with van der Waals surface area (Å²) in [5.74, 6) is 2.79. The molecule has 4 nitrogen and oxygen atoms in total. The molecule has 0 heterocycles. The van der Waals surface area contributed by atoms with E-state index >= 15 is 0 Å². The van der Waals surface area contributed by atoms with Crippen LogP contribution in [0.5, 0.6) is 23.0 Å². The van der Waals surface area contributed by atoms with Crippen molar-refractivity contribution in [2.75, 3.05) is 28.4 Å². The molecule has 184 valence electrons. The van der Waals surface area contributed by atoms with E-state index in [1.807, 2.05) is 31.2 Å². The molecule has 35 heavy (non-hydrogen) atoms. The van der Waals surface area contributed by atoms with Crippen molar-refractivity contribution in [1.82, 2.24) is 0 Å². The van der Waals surface area contributed by atoms with E-state index < -0.39 is 0 Å². The van der Waals surface area contributed by atoms with Gasteiger partial charge in [0.05, 0.1) is 28.4 Å². The van der Waals surface area contributed by atoms with Crippen LogP contribution in [0.1, 0.15) is 43.0 Å². The summed E-state index contributed by atoms with van der Waals surface area (Å²) in [7, 11) is 6.62. The van der Waals surface area contributed by atoms with Crippen LogP contribution in [0, 0.1) is 6.92 Å². The van der Waals surface area contributed by atoms with Crippen LogP contribution in [0.25, 0.3) is 22.8 Å². The summed E-state index contributed by atoms with van der Waals surface area (Å²) in [5.41, 5.74) is 7.31.